The second-order valence-electron chi connectivity index (χ2n) is 6.09. The molecule has 2 heterocycles. The van der Waals surface area contributed by atoms with E-state index in [1.165, 1.54) is 11.8 Å². The van der Waals surface area contributed by atoms with Crippen LogP contribution in [0.5, 0.6) is 0 Å². The molecule has 1 saturated heterocycles. The smallest absolute Gasteiger partial charge is 0.274 e. The Kier molecular flexibility index (Phi) is 4.92. The topological polar surface area (TPSA) is 78.4 Å². The van der Waals surface area contributed by atoms with Crippen LogP contribution in [0.1, 0.15) is 21.6 Å². The Balaban J connectivity index is 1.67. The normalized spacial score (nSPS) is 14.3. The Morgan fingerprint density at radius 2 is 1.88 bits per heavy atom. The van der Waals surface area contributed by atoms with Crippen LogP contribution in [-0.4, -0.2) is 58.3 Å². The van der Waals surface area contributed by atoms with E-state index in [1.54, 1.807) is 16.0 Å². The molecule has 1 fully saturated rings. The van der Waals surface area contributed by atoms with Crippen molar-refractivity contribution in [1.29, 1.82) is 0 Å². The Morgan fingerprint density at radius 1 is 1.12 bits per heavy atom. The zero-order chi connectivity index (χ0) is 17.8. The number of nitrogens with one attached hydrogen (secondary N) is 1. The van der Waals surface area contributed by atoms with E-state index < -0.39 is 0 Å². The third kappa shape index (κ3) is 3.76. The summed E-state index contributed by atoms with van der Waals surface area (Å²) in [6.45, 7) is 6.23. The van der Waals surface area contributed by atoms with Gasteiger partial charge < -0.3 is 15.1 Å². The van der Waals surface area contributed by atoms with Crippen molar-refractivity contribution in [3.8, 4) is 0 Å². The Bertz CT molecular complexity index is 768. The summed E-state index contributed by atoms with van der Waals surface area (Å²) in [6.07, 6.45) is 3.87. The highest BCUT2D eigenvalue weighted by Gasteiger charge is 2.22. The highest BCUT2D eigenvalue weighted by atomic mass is 16.2. The highest BCUT2D eigenvalue weighted by Crippen LogP contribution is 2.21. The van der Waals surface area contributed by atoms with Crippen LogP contribution in [-0.2, 0) is 4.79 Å². The SMILES string of the molecule is Cc1cccc(Nc2cnc(C(=O)N3CCN(C=O)CC3)cn2)c1C. The van der Waals surface area contributed by atoms with Crippen LogP contribution in [0, 0.1) is 13.8 Å². The summed E-state index contributed by atoms with van der Waals surface area (Å²) >= 11 is 0. The molecule has 7 nitrogen and oxygen atoms in total. The van der Waals surface area contributed by atoms with E-state index in [1.807, 2.05) is 19.1 Å². The van der Waals surface area contributed by atoms with Gasteiger partial charge in [-0.15, -0.1) is 0 Å². The highest BCUT2D eigenvalue weighted by molar-refractivity contribution is 5.92. The molecule has 1 aliphatic rings. The number of benzene rings is 1. The number of nitrogens with zero attached hydrogens (tertiary/aromatic N) is 4. The maximum Gasteiger partial charge on any atom is 0.274 e. The molecule has 1 aliphatic heterocycles. The molecule has 0 unspecified atom stereocenters. The molecule has 0 aliphatic carbocycles. The van der Waals surface area contributed by atoms with Gasteiger partial charge in [-0.05, 0) is 31.0 Å². The lowest BCUT2D eigenvalue weighted by Gasteiger charge is -2.32. The number of hydrogen-bond donors (Lipinski definition) is 1. The lowest BCUT2D eigenvalue weighted by Crippen LogP contribution is -2.48. The van der Waals surface area contributed by atoms with Gasteiger partial charge >= 0.3 is 0 Å². The fraction of sp³-hybridized carbons (Fsp3) is 0.333. The molecular weight excluding hydrogens is 318 g/mol. The van der Waals surface area contributed by atoms with E-state index in [4.69, 9.17) is 0 Å². The van der Waals surface area contributed by atoms with Gasteiger partial charge in [-0.1, -0.05) is 12.1 Å². The number of piperazine rings is 1. The predicted octanol–water partition coefficient (Wildman–Crippen LogP) is 1.75. The zero-order valence-corrected chi connectivity index (χ0v) is 14.4. The van der Waals surface area contributed by atoms with Gasteiger partial charge in [0.15, 0.2) is 0 Å². The molecule has 0 spiro atoms. The van der Waals surface area contributed by atoms with Crippen LogP contribution in [0.15, 0.2) is 30.6 Å². The van der Waals surface area contributed by atoms with Crippen LogP contribution in [0.2, 0.25) is 0 Å². The molecule has 25 heavy (non-hydrogen) atoms. The Hall–Kier alpha value is -2.96. The van der Waals surface area contributed by atoms with Crippen molar-refractivity contribution in [2.75, 3.05) is 31.5 Å². The van der Waals surface area contributed by atoms with Crippen LogP contribution < -0.4 is 5.32 Å². The molecule has 2 amide bonds. The number of aromatic nitrogens is 2. The van der Waals surface area contributed by atoms with Crippen molar-refractivity contribution in [3.63, 3.8) is 0 Å². The second kappa shape index (κ2) is 7.29. The number of aryl methyl sites for hydroxylation is 1. The van der Waals surface area contributed by atoms with E-state index in [9.17, 15) is 9.59 Å². The molecule has 1 N–H and O–H groups in total. The third-order valence-corrected chi connectivity index (χ3v) is 4.49. The molecule has 0 bridgehead atoms. The summed E-state index contributed by atoms with van der Waals surface area (Å²) < 4.78 is 0. The summed E-state index contributed by atoms with van der Waals surface area (Å²) in [5.74, 6) is 0.437. The van der Waals surface area contributed by atoms with Gasteiger partial charge in [0.1, 0.15) is 11.5 Å². The quantitative estimate of drug-likeness (QED) is 0.859. The zero-order valence-electron chi connectivity index (χ0n) is 14.4. The fourth-order valence-corrected chi connectivity index (χ4v) is 2.72. The van der Waals surface area contributed by atoms with E-state index in [2.05, 4.69) is 28.3 Å². The van der Waals surface area contributed by atoms with Gasteiger partial charge in [-0.3, -0.25) is 9.59 Å². The lowest BCUT2D eigenvalue weighted by atomic mass is 10.1. The molecule has 130 valence electrons. The lowest BCUT2D eigenvalue weighted by molar-refractivity contribution is -0.119. The Labute approximate surface area is 146 Å². The first-order valence-corrected chi connectivity index (χ1v) is 8.22. The summed E-state index contributed by atoms with van der Waals surface area (Å²) in [7, 11) is 0. The first-order chi connectivity index (χ1) is 12.1. The molecule has 3 rings (SSSR count). The monoisotopic (exact) mass is 339 g/mol. The molecular formula is C18H21N5O2. The Morgan fingerprint density at radius 3 is 2.52 bits per heavy atom. The minimum atomic E-state index is -0.156. The van der Waals surface area contributed by atoms with Crippen molar-refractivity contribution < 1.29 is 9.59 Å². The van der Waals surface area contributed by atoms with Crippen molar-refractivity contribution in [2.24, 2.45) is 0 Å². The molecule has 0 radical (unpaired) electrons. The summed E-state index contributed by atoms with van der Waals surface area (Å²) in [6, 6.07) is 6.02. The van der Waals surface area contributed by atoms with E-state index in [0.717, 1.165) is 17.7 Å². The first kappa shape index (κ1) is 16.9. The molecule has 7 heteroatoms. The summed E-state index contributed by atoms with van der Waals surface area (Å²) in [4.78, 5) is 35.1. The number of anilines is 2. The van der Waals surface area contributed by atoms with E-state index in [-0.39, 0.29) is 5.91 Å². The minimum Gasteiger partial charge on any atom is -0.342 e. The number of amides is 2. The molecule has 0 saturated carbocycles. The third-order valence-electron chi connectivity index (χ3n) is 4.49. The minimum absolute atomic E-state index is 0.156. The summed E-state index contributed by atoms with van der Waals surface area (Å²) in [5.41, 5.74) is 3.63. The van der Waals surface area contributed by atoms with Crippen molar-refractivity contribution >= 4 is 23.8 Å². The maximum atomic E-state index is 12.5. The number of rotatable bonds is 4. The van der Waals surface area contributed by atoms with Crippen LogP contribution in [0.3, 0.4) is 0 Å². The van der Waals surface area contributed by atoms with Crippen LogP contribution >= 0.6 is 0 Å². The van der Waals surface area contributed by atoms with E-state index >= 15 is 0 Å². The predicted molar refractivity (Wildman–Crippen MR) is 94.8 cm³/mol. The van der Waals surface area contributed by atoms with E-state index in [0.29, 0.717) is 37.7 Å². The molecule has 0 atom stereocenters. The first-order valence-electron chi connectivity index (χ1n) is 8.22. The average Bonchev–Trinajstić information content (AvgIpc) is 2.65. The van der Waals surface area contributed by atoms with Gasteiger partial charge in [0.25, 0.3) is 5.91 Å². The maximum absolute atomic E-state index is 12.5. The van der Waals surface area contributed by atoms with Crippen LogP contribution in [0.25, 0.3) is 0 Å². The van der Waals surface area contributed by atoms with Gasteiger partial charge in [-0.25, -0.2) is 9.97 Å². The van der Waals surface area contributed by atoms with Gasteiger partial charge in [0, 0.05) is 31.9 Å². The fourth-order valence-electron chi connectivity index (χ4n) is 2.72. The van der Waals surface area contributed by atoms with Gasteiger partial charge in [0.2, 0.25) is 6.41 Å². The average molecular weight is 339 g/mol. The molecule has 1 aromatic heterocycles. The van der Waals surface area contributed by atoms with Crippen molar-refractivity contribution in [3.05, 3.63) is 47.4 Å². The largest absolute Gasteiger partial charge is 0.342 e. The number of hydrogen-bond acceptors (Lipinski definition) is 5. The summed E-state index contributed by atoms with van der Waals surface area (Å²) in [5, 5.41) is 3.23. The second-order valence-corrected chi connectivity index (χ2v) is 6.09. The molecule has 1 aromatic carbocycles. The standard InChI is InChI=1S/C18H21N5O2/c1-13-4-3-5-15(14(13)2)21-17-11-19-16(10-20-17)18(25)23-8-6-22(12-24)7-9-23/h3-5,10-12H,6-9H2,1-2H3,(H,20,21). The molecule has 2 aromatic rings. The van der Waals surface area contributed by atoms with Crippen LogP contribution in [0.4, 0.5) is 11.5 Å². The van der Waals surface area contributed by atoms with Crippen molar-refractivity contribution in [2.45, 2.75) is 13.8 Å². The van der Waals surface area contributed by atoms with Gasteiger partial charge in [0.05, 0.1) is 12.4 Å². The number of carbonyl (C=O) groups excluding carboxylic acids is 2. The van der Waals surface area contributed by atoms with Gasteiger partial charge in [-0.2, -0.15) is 0 Å². The van der Waals surface area contributed by atoms with Crippen molar-refractivity contribution in [1.82, 2.24) is 19.8 Å². The number of carbonyl (C=O) groups is 2.